The highest BCUT2D eigenvalue weighted by Crippen LogP contribution is 2.43. The second-order valence-corrected chi connectivity index (χ2v) is 14.1. The van der Waals surface area contributed by atoms with Crippen LogP contribution in [0.25, 0.3) is 21.5 Å². The third-order valence-corrected chi connectivity index (χ3v) is 11.6. The number of hydrogen-bond acceptors (Lipinski definition) is 1. The van der Waals surface area contributed by atoms with E-state index in [1.165, 1.54) is 77.6 Å². The molecule has 5 rings (SSSR count). The molecule has 0 unspecified atom stereocenters. The van der Waals surface area contributed by atoms with Crippen molar-refractivity contribution in [3.8, 4) is 0 Å². The van der Waals surface area contributed by atoms with Crippen LogP contribution in [0.15, 0.2) is 72.8 Å². The van der Waals surface area contributed by atoms with Crippen LogP contribution in [0.1, 0.15) is 113 Å². The van der Waals surface area contributed by atoms with Crippen LogP contribution in [0.3, 0.4) is 0 Å². The van der Waals surface area contributed by atoms with Crippen molar-refractivity contribution >= 4 is 38.6 Å². The van der Waals surface area contributed by atoms with Gasteiger partial charge in [-0.3, -0.25) is 0 Å². The minimum Gasteiger partial charge on any atom is -0.310 e. The quantitative estimate of drug-likeness (QED) is 0.145. The highest BCUT2D eigenvalue weighted by atomic mass is 15.1. The number of anilines is 3. The van der Waals surface area contributed by atoms with E-state index in [1.54, 1.807) is 0 Å². The fourth-order valence-electron chi connectivity index (χ4n) is 7.82. The Bertz CT molecular complexity index is 1780. The van der Waals surface area contributed by atoms with E-state index in [1.807, 2.05) is 0 Å². The summed E-state index contributed by atoms with van der Waals surface area (Å²) in [5.74, 6) is 0. The van der Waals surface area contributed by atoms with E-state index in [0.717, 1.165) is 32.1 Å². The van der Waals surface area contributed by atoms with Crippen molar-refractivity contribution in [2.24, 2.45) is 0 Å². The van der Waals surface area contributed by atoms with Crippen molar-refractivity contribution < 1.29 is 0 Å². The van der Waals surface area contributed by atoms with Gasteiger partial charge in [0.05, 0.1) is 0 Å². The average molecular weight is 598 g/mol. The Kier molecular flexibility index (Phi) is 9.23. The van der Waals surface area contributed by atoms with Crippen molar-refractivity contribution in [3.05, 3.63) is 112 Å². The fraction of sp³-hybridized carbons (Fsp3) is 0.409. The lowest BCUT2D eigenvalue weighted by atomic mass is 9.75. The molecule has 0 N–H and O–H groups in total. The highest BCUT2D eigenvalue weighted by Gasteiger charge is 2.27. The maximum atomic E-state index is 2.49. The van der Waals surface area contributed by atoms with Crippen molar-refractivity contribution in [1.82, 2.24) is 0 Å². The minimum absolute atomic E-state index is 0.187. The smallest absolute Gasteiger partial charge is 0.0468 e. The first-order chi connectivity index (χ1) is 21.4. The van der Waals surface area contributed by atoms with Crippen LogP contribution < -0.4 is 4.90 Å². The summed E-state index contributed by atoms with van der Waals surface area (Å²) in [5, 5.41) is 5.44. The summed E-state index contributed by atoms with van der Waals surface area (Å²) < 4.78 is 0. The third-order valence-electron chi connectivity index (χ3n) is 11.6. The summed E-state index contributed by atoms with van der Waals surface area (Å²) in [5.41, 5.74) is 13.9. The predicted molar refractivity (Wildman–Crippen MR) is 200 cm³/mol. The topological polar surface area (TPSA) is 3.24 Å². The second-order valence-electron chi connectivity index (χ2n) is 14.1. The molecule has 0 aliphatic heterocycles. The lowest BCUT2D eigenvalue weighted by Crippen LogP contribution is -2.22. The zero-order valence-electron chi connectivity index (χ0n) is 29.9. The molecule has 0 aliphatic carbocycles. The minimum atomic E-state index is 0.187. The Morgan fingerprint density at radius 2 is 0.933 bits per heavy atom. The Morgan fingerprint density at radius 3 is 1.40 bits per heavy atom. The molecule has 0 saturated carbocycles. The van der Waals surface area contributed by atoms with Gasteiger partial charge in [0.2, 0.25) is 0 Å². The normalized spacial score (nSPS) is 12.3. The van der Waals surface area contributed by atoms with E-state index in [4.69, 9.17) is 0 Å². The van der Waals surface area contributed by atoms with Crippen LogP contribution in [0.5, 0.6) is 0 Å². The van der Waals surface area contributed by atoms with Crippen LogP contribution >= 0.6 is 0 Å². The van der Waals surface area contributed by atoms with Gasteiger partial charge in [-0.1, -0.05) is 90.4 Å². The van der Waals surface area contributed by atoms with E-state index in [-0.39, 0.29) is 10.8 Å². The Labute approximate surface area is 273 Å². The molecule has 0 bridgehead atoms. The van der Waals surface area contributed by atoms with Gasteiger partial charge in [-0.05, 0) is 162 Å². The molecule has 0 heterocycles. The highest BCUT2D eigenvalue weighted by molar-refractivity contribution is 6.12. The van der Waals surface area contributed by atoms with Gasteiger partial charge in [-0.25, -0.2) is 0 Å². The third kappa shape index (κ3) is 5.69. The Morgan fingerprint density at radius 1 is 0.489 bits per heavy atom. The molecule has 0 radical (unpaired) electrons. The molecular formula is C44H55N. The molecule has 5 aromatic carbocycles. The van der Waals surface area contributed by atoms with Gasteiger partial charge in [0.15, 0.2) is 0 Å². The number of fused-ring (bicyclic) bond motifs is 3. The summed E-state index contributed by atoms with van der Waals surface area (Å²) in [7, 11) is 0. The van der Waals surface area contributed by atoms with Crippen molar-refractivity contribution in [2.75, 3.05) is 4.90 Å². The van der Waals surface area contributed by atoms with Crippen LogP contribution in [-0.2, 0) is 17.3 Å². The fourth-order valence-corrected chi connectivity index (χ4v) is 7.82. The van der Waals surface area contributed by atoms with Crippen molar-refractivity contribution in [2.45, 2.75) is 119 Å². The zero-order chi connectivity index (χ0) is 32.7. The zero-order valence-corrected chi connectivity index (χ0v) is 29.9. The van der Waals surface area contributed by atoms with Crippen LogP contribution in [-0.4, -0.2) is 0 Å². The van der Waals surface area contributed by atoms with Gasteiger partial charge >= 0.3 is 0 Å². The Hall–Kier alpha value is -3.58. The second kappa shape index (κ2) is 12.7. The van der Waals surface area contributed by atoms with Crippen molar-refractivity contribution in [1.29, 1.82) is 0 Å². The first-order valence-corrected chi connectivity index (χ1v) is 17.4. The van der Waals surface area contributed by atoms with Crippen molar-refractivity contribution in [3.63, 3.8) is 0 Å². The molecule has 0 aliphatic rings. The van der Waals surface area contributed by atoms with Gasteiger partial charge in [0.1, 0.15) is 0 Å². The van der Waals surface area contributed by atoms with Gasteiger partial charge in [0.25, 0.3) is 0 Å². The molecule has 0 saturated heterocycles. The van der Waals surface area contributed by atoms with Gasteiger partial charge in [-0.2, -0.15) is 0 Å². The number of rotatable bonds is 10. The standard InChI is InChI=1S/C44H55N/c1-12-36-32(9)39-28-35(18-22-37(39)38-21-17-29(6)25-40(36)38)45(33-19-23-41(30(7)26-33)43(10,13-2)14-3)34-20-24-42(31(8)27-34)44(11,15-4)16-5/h17-28H,12-16H2,1-11H3. The van der Waals surface area contributed by atoms with Gasteiger partial charge < -0.3 is 4.90 Å². The molecule has 45 heavy (non-hydrogen) atoms. The van der Waals surface area contributed by atoms with Crippen LogP contribution in [0.2, 0.25) is 0 Å². The maximum Gasteiger partial charge on any atom is 0.0468 e. The molecule has 236 valence electrons. The van der Waals surface area contributed by atoms with Gasteiger partial charge in [0, 0.05) is 17.1 Å². The summed E-state index contributed by atoms with van der Waals surface area (Å²) >= 11 is 0. The van der Waals surface area contributed by atoms with E-state index < -0.39 is 0 Å². The summed E-state index contributed by atoms with van der Waals surface area (Å²) in [6, 6.07) is 28.4. The molecule has 0 fully saturated rings. The number of hydrogen-bond donors (Lipinski definition) is 0. The van der Waals surface area contributed by atoms with E-state index in [2.05, 4.69) is 154 Å². The number of benzene rings is 5. The lowest BCUT2D eigenvalue weighted by Gasteiger charge is -2.33. The molecular weight excluding hydrogens is 542 g/mol. The predicted octanol–water partition coefficient (Wildman–Crippen LogP) is 13.4. The molecule has 5 aromatic rings. The lowest BCUT2D eigenvalue weighted by molar-refractivity contribution is 0.436. The number of nitrogens with zero attached hydrogens (tertiary/aromatic N) is 1. The van der Waals surface area contributed by atoms with Crippen LogP contribution in [0.4, 0.5) is 17.1 Å². The molecule has 1 nitrogen and oxygen atoms in total. The maximum absolute atomic E-state index is 2.49. The molecule has 0 amide bonds. The van der Waals surface area contributed by atoms with E-state index >= 15 is 0 Å². The SMILES string of the molecule is CCc1c(C)c2cc(N(c3ccc(C(C)(CC)CC)c(C)c3)c3ccc(C(C)(CC)CC)c(C)c3)ccc2c2ccc(C)cc12. The summed E-state index contributed by atoms with van der Waals surface area (Å²) in [6.45, 7) is 25.5. The average Bonchev–Trinajstić information content (AvgIpc) is 3.04. The molecule has 0 aromatic heterocycles. The first kappa shape index (κ1) is 32.8. The van der Waals surface area contributed by atoms with E-state index in [0.29, 0.717) is 0 Å². The van der Waals surface area contributed by atoms with E-state index in [9.17, 15) is 0 Å². The van der Waals surface area contributed by atoms with Gasteiger partial charge in [-0.15, -0.1) is 0 Å². The monoisotopic (exact) mass is 597 g/mol. The first-order valence-electron chi connectivity index (χ1n) is 17.4. The summed E-state index contributed by atoms with van der Waals surface area (Å²) in [4.78, 5) is 2.49. The number of aryl methyl sites for hydroxylation is 5. The largest absolute Gasteiger partial charge is 0.310 e. The molecule has 0 atom stereocenters. The Balaban J connectivity index is 1.77. The van der Waals surface area contributed by atoms with Crippen LogP contribution in [0, 0.1) is 27.7 Å². The molecule has 1 heteroatoms. The summed E-state index contributed by atoms with van der Waals surface area (Å²) in [6.07, 6.45) is 5.58. The molecule has 0 spiro atoms.